The third kappa shape index (κ3) is 17.9. The van der Waals surface area contributed by atoms with Crippen LogP contribution in [0.25, 0.3) is 0 Å². The molecule has 2 spiro atoms. The fourth-order valence-electron chi connectivity index (χ4n) is 16.9. The number of carboxylic acids is 2. The Morgan fingerprint density at radius 1 is 0.482 bits per heavy atom. The van der Waals surface area contributed by atoms with E-state index in [0.717, 1.165) is 87.5 Å². The smallest absolute Gasteiger partial charge is 0.550 e. The van der Waals surface area contributed by atoms with E-state index in [1.807, 2.05) is 12.2 Å². The Labute approximate surface area is 527 Å². The molecule has 13 heteroatoms. The number of likely N-dealkylation sites (tertiary alicyclic amines) is 2. The Bertz CT molecular complexity index is 2130. The van der Waals surface area contributed by atoms with Crippen LogP contribution in [0.5, 0.6) is 0 Å². The normalized spacial score (nSPS) is 30.1. The number of carbonyl (C=O) groups is 4. The fraction of sp³-hybridized carbons (Fsp3) is 0.778. The molecule has 0 radical (unpaired) electrons. The molecule has 4 bridgehead atoms. The van der Waals surface area contributed by atoms with Crippen molar-refractivity contribution < 1.29 is 67.8 Å². The predicted octanol–water partition coefficient (Wildman–Crippen LogP) is 13.8. The number of rotatable bonds is 34. The number of carboxylic acid groups (broad SMARTS) is 2. The molecule has 12 atom stereocenters. The first-order chi connectivity index (χ1) is 40.9. The number of unbranched alkanes of at least 4 members (excludes halogenated alkanes) is 28. The second kappa shape index (κ2) is 36.2. The molecule has 0 N–H and O–H groups in total. The Morgan fingerprint density at radius 2 is 0.776 bits per heavy atom. The van der Waals surface area contributed by atoms with Gasteiger partial charge in [-0.2, -0.15) is 0 Å². The van der Waals surface area contributed by atoms with Crippen molar-refractivity contribution in [1.29, 1.82) is 0 Å². The molecule has 85 heavy (non-hydrogen) atoms. The van der Waals surface area contributed by atoms with E-state index in [2.05, 4.69) is 62.0 Å². The average molecular weight is 1230 g/mol. The number of hydrogen-bond acceptors (Lipinski definition) is 12. The van der Waals surface area contributed by atoms with Crippen molar-refractivity contribution in [2.24, 2.45) is 46.3 Å². The van der Waals surface area contributed by atoms with Crippen molar-refractivity contribution in [3.05, 3.63) is 71.6 Å². The number of hydrogen-bond donors (Lipinski definition) is 0. The predicted molar refractivity (Wildman–Crippen MR) is 331 cm³/mol. The van der Waals surface area contributed by atoms with Crippen molar-refractivity contribution >= 4 is 23.5 Å². The van der Waals surface area contributed by atoms with Gasteiger partial charge in [0.15, 0.2) is 35.3 Å². The third-order valence-corrected chi connectivity index (χ3v) is 21.4. The monoisotopic (exact) mass is 1230 g/mol. The molecule has 6 aliphatic carbocycles. The van der Waals surface area contributed by atoms with Crippen LogP contribution >= 0.6 is 0 Å². The summed E-state index contributed by atoms with van der Waals surface area (Å²) < 4.78 is 23.6. The number of allylic oxidation sites excluding steroid dienone is 6. The Kier molecular flexibility index (Phi) is 30.0. The van der Waals surface area contributed by atoms with Gasteiger partial charge in [0.05, 0.1) is 14.2 Å². The number of aliphatic carboxylic acids is 2. The van der Waals surface area contributed by atoms with E-state index in [1.165, 1.54) is 167 Å². The van der Waals surface area contributed by atoms with E-state index in [9.17, 15) is 29.4 Å². The third-order valence-electron chi connectivity index (χ3n) is 21.4. The molecule has 4 saturated heterocycles. The van der Waals surface area contributed by atoms with Gasteiger partial charge in [0.25, 0.3) is 0 Å². The molecule has 0 aromatic heterocycles. The maximum atomic E-state index is 12.6. The van der Waals surface area contributed by atoms with Crippen LogP contribution in [0.4, 0.5) is 0 Å². The first-order valence-electron chi connectivity index (χ1n) is 34.4. The summed E-state index contributed by atoms with van der Waals surface area (Å²) in [5.41, 5.74) is -0.119. The topological polar surface area (TPSA) is 158 Å². The molecule has 4 heterocycles. The van der Waals surface area contributed by atoms with Gasteiger partial charge < -0.3 is 48.5 Å². The van der Waals surface area contributed by atoms with E-state index >= 15 is 0 Å². The summed E-state index contributed by atoms with van der Waals surface area (Å²) in [5, 5.41) is 20.4. The molecule has 0 aromatic carbocycles. The van der Waals surface area contributed by atoms with Crippen LogP contribution in [0.2, 0.25) is 0 Å². The molecule has 4 aliphatic heterocycles. The Hall–Kier alpha value is -3.54. The van der Waals surface area contributed by atoms with Gasteiger partial charge in [-0.05, 0) is 115 Å². The van der Waals surface area contributed by atoms with Gasteiger partial charge in [0.1, 0.15) is 11.5 Å². The molecule has 10 aliphatic rings. The molecule has 4 unspecified atom stereocenters. The Balaban J connectivity index is 0.000000181. The zero-order valence-corrected chi connectivity index (χ0v) is 56.9. The molecule has 12 nitrogen and oxygen atoms in total. The molecule has 6 fully saturated rings. The molecular weight excluding hydrogens is 1120 g/mol. The summed E-state index contributed by atoms with van der Waals surface area (Å²) in [5.74, 6) is 4.33. The van der Waals surface area contributed by atoms with Gasteiger partial charge >= 0.3 is 19.5 Å². The van der Waals surface area contributed by atoms with Crippen molar-refractivity contribution in [3.8, 4) is 0 Å². The number of nitrogens with zero attached hydrogens (tertiary/aromatic N) is 2. The number of ether oxygens (including phenoxy) is 4. The second-order valence-electron chi connectivity index (χ2n) is 26.9. The summed E-state index contributed by atoms with van der Waals surface area (Å²) in [6.45, 7) is 6.63. The fourth-order valence-corrected chi connectivity index (χ4v) is 16.9. The number of ketones is 2. The largest absolute Gasteiger partial charge is 2.00 e. The van der Waals surface area contributed by atoms with Crippen LogP contribution in [0, 0.1) is 46.3 Å². The Morgan fingerprint density at radius 3 is 1.06 bits per heavy atom. The summed E-state index contributed by atoms with van der Waals surface area (Å²) in [6, 6.07) is 1.03. The van der Waals surface area contributed by atoms with Crippen LogP contribution < -0.4 is 10.2 Å². The van der Waals surface area contributed by atoms with Crippen LogP contribution in [0.1, 0.15) is 245 Å². The van der Waals surface area contributed by atoms with Gasteiger partial charge in [-0.1, -0.05) is 218 Å². The van der Waals surface area contributed by atoms with Crippen molar-refractivity contribution in [2.75, 3.05) is 41.4 Å². The molecule has 472 valence electrons. The molecule has 10 rings (SSSR count). The maximum absolute atomic E-state index is 12.6. The van der Waals surface area contributed by atoms with Gasteiger partial charge in [-0.3, -0.25) is 9.59 Å². The summed E-state index contributed by atoms with van der Waals surface area (Å²) in [4.78, 5) is 50.5. The average Bonchev–Trinajstić information content (AvgIpc) is 1.65. The second-order valence-corrected chi connectivity index (χ2v) is 26.9. The minimum atomic E-state index is -0.903. The molecule has 2 saturated carbocycles. The van der Waals surface area contributed by atoms with Crippen molar-refractivity contribution in [1.82, 2.24) is 9.80 Å². The van der Waals surface area contributed by atoms with Crippen LogP contribution in [-0.4, -0.2) is 99.0 Å². The van der Waals surface area contributed by atoms with E-state index in [0.29, 0.717) is 47.6 Å². The standard InChI is InChI=1S/2C18H21NO3.2C18H36O2.Zn/c2*1-19-8-7-18-11-4-5-13(20)17(18)22-16-14(21-2)6-3-10(15(16)18)9-12(11)19;2*1-2-3-4-5-6-7-8-9-10-11-12-13-14-15-16-17-18(19)20;/h2*3-6,10-12,15,17H,7-9H2,1-2H3;2*2-17H2,1H3,(H,19,20);/q;;;;+2/p-2/t2*10?,11-,12+,15?,17-,18-;;;/m00.../s1. The maximum Gasteiger partial charge on any atom is 2.00 e. The molecular formula is C72H112N2O10Zn. The SMILES string of the molecule is CCCCCCCCCCCCCCCCCC(=O)[O-].CCCCCCCCCCCCCCCCCC(=O)[O-].COC1=C2O[C@H]3C(=O)C=C[C@H]4[C@H]5CC(C=C1)C2[C@@]34CCN5C.COC1=C2O[C@H]3C(=O)C=C[C@H]4[C@H]5CC(C=C1)C2[C@@]34CCN5C.[Zn+2]. The van der Waals surface area contributed by atoms with Crippen molar-refractivity contribution in [3.63, 3.8) is 0 Å². The first kappa shape index (κ1) is 70.5. The zero-order valence-electron chi connectivity index (χ0n) is 53.9. The minimum Gasteiger partial charge on any atom is -0.550 e. The van der Waals surface area contributed by atoms with Crippen molar-refractivity contribution in [2.45, 2.75) is 269 Å². The van der Waals surface area contributed by atoms with Crippen LogP contribution in [-0.2, 0) is 57.6 Å². The van der Waals surface area contributed by atoms with Gasteiger partial charge in [-0.15, -0.1) is 0 Å². The number of methoxy groups -OCH3 is 2. The van der Waals surface area contributed by atoms with Crippen LogP contribution in [0.15, 0.2) is 71.6 Å². The summed E-state index contributed by atoms with van der Waals surface area (Å²) in [6.07, 6.45) is 59.9. The first-order valence-corrected chi connectivity index (χ1v) is 34.4. The van der Waals surface area contributed by atoms with E-state index in [-0.39, 0.29) is 66.9 Å². The van der Waals surface area contributed by atoms with Gasteiger partial charge in [0, 0.05) is 58.5 Å². The quantitative estimate of drug-likeness (QED) is 0.0444. The van der Waals surface area contributed by atoms with E-state index in [4.69, 9.17) is 18.9 Å². The van der Waals surface area contributed by atoms with Crippen LogP contribution in [0.3, 0.4) is 0 Å². The van der Waals surface area contributed by atoms with E-state index < -0.39 is 11.9 Å². The van der Waals surface area contributed by atoms with E-state index in [1.54, 1.807) is 26.4 Å². The molecule has 0 aromatic rings. The zero-order chi connectivity index (χ0) is 59.9. The number of carbonyl (C=O) groups excluding carboxylic acids is 4. The van der Waals surface area contributed by atoms with Gasteiger partial charge in [0.2, 0.25) is 0 Å². The molecule has 0 amide bonds. The number of piperidine rings is 2. The summed E-state index contributed by atoms with van der Waals surface area (Å²) >= 11 is 0. The summed E-state index contributed by atoms with van der Waals surface area (Å²) in [7, 11) is 7.81. The minimum absolute atomic E-state index is 0. The van der Waals surface area contributed by atoms with Gasteiger partial charge in [-0.25, -0.2) is 0 Å².